The van der Waals surface area contributed by atoms with Gasteiger partial charge >= 0.3 is 5.97 Å². The molecule has 0 fully saturated rings. The molecule has 0 aliphatic heterocycles. The number of nitrogens with one attached hydrogen (secondary N) is 1. The van der Waals surface area contributed by atoms with Crippen molar-refractivity contribution in [1.82, 2.24) is 5.32 Å². The first-order valence-corrected chi connectivity index (χ1v) is 25.8. The molecule has 10 heteroatoms. The molecule has 9 nitrogen and oxygen atoms in total. The van der Waals surface area contributed by atoms with Crippen LogP contribution in [0.4, 0.5) is 0 Å². The highest BCUT2D eigenvalue weighted by Crippen LogP contribution is 2.38. The largest absolute Gasteiger partial charge is 0.756 e. The Kier molecular flexibility index (Phi) is 39.1. The van der Waals surface area contributed by atoms with Crippen molar-refractivity contribution in [2.75, 3.05) is 40.9 Å². The van der Waals surface area contributed by atoms with Gasteiger partial charge < -0.3 is 28.5 Å². The zero-order chi connectivity index (χ0) is 43.7. The van der Waals surface area contributed by atoms with Gasteiger partial charge in [-0.3, -0.25) is 14.2 Å². The lowest BCUT2D eigenvalue weighted by Gasteiger charge is -2.30. The second-order valence-electron chi connectivity index (χ2n) is 17.6. The Labute approximate surface area is 364 Å². The number of rotatable bonds is 43. The molecule has 0 aliphatic rings. The number of amides is 1. The molecule has 59 heavy (non-hydrogen) atoms. The number of carbonyl (C=O) groups excluding carboxylic acids is 2. The monoisotopic (exact) mass is 853 g/mol. The summed E-state index contributed by atoms with van der Waals surface area (Å²) in [4.78, 5) is 39.4. The van der Waals surface area contributed by atoms with Gasteiger partial charge in [0.1, 0.15) is 19.3 Å². The molecular weight excluding hydrogens is 760 g/mol. The summed E-state index contributed by atoms with van der Waals surface area (Å²) in [5.41, 5.74) is 0. The Morgan fingerprint density at radius 1 is 0.576 bits per heavy atom. The number of ether oxygens (including phenoxy) is 1. The molecular formula is C49H93N2O7P. The van der Waals surface area contributed by atoms with E-state index < -0.39 is 26.6 Å². The summed E-state index contributed by atoms with van der Waals surface area (Å²) >= 11 is 0. The molecule has 0 heterocycles. The molecule has 0 saturated heterocycles. The average Bonchev–Trinajstić information content (AvgIpc) is 3.18. The molecule has 3 unspecified atom stereocenters. The van der Waals surface area contributed by atoms with Crippen LogP contribution in [-0.4, -0.2) is 69.4 Å². The van der Waals surface area contributed by atoms with Crippen LogP contribution in [-0.2, 0) is 27.9 Å². The molecule has 0 spiro atoms. The lowest BCUT2D eigenvalue weighted by molar-refractivity contribution is -0.870. The second kappa shape index (κ2) is 40.3. The topological polar surface area (TPSA) is 114 Å². The van der Waals surface area contributed by atoms with E-state index in [1.165, 1.54) is 70.6 Å². The van der Waals surface area contributed by atoms with Crippen LogP contribution in [0.15, 0.2) is 36.5 Å². The van der Waals surface area contributed by atoms with Gasteiger partial charge in [-0.1, -0.05) is 167 Å². The summed E-state index contributed by atoms with van der Waals surface area (Å²) in [5.74, 6) is -0.566. The molecule has 1 N–H and O–H groups in total. The Hall–Kier alpha value is -1.77. The predicted molar refractivity (Wildman–Crippen MR) is 247 cm³/mol. The summed E-state index contributed by atoms with van der Waals surface area (Å²) < 4.78 is 30.0. The molecule has 0 rings (SSSR count). The van der Waals surface area contributed by atoms with Crippen LogP contribution in [0.5, 0.6) is 0 Å². The Morgan fingerprint density at radius 3 is 1.49 bits per heavy atom. The number of allylic oxidation sites excluding steroid dienone is 5. The summed E-state index contributed by atoms with van der Waals surface area (Å²) in [6.45, 7) is 6.72. The van der Waals surface area contributed by atoms with Crippen molar-refractivity contribution in [2.24, 2.45) is 0 Å². The first-order valence-electron chi connectivity index (χ1n) is 24.3. The molecule has 0 aromatic rings. The minimum Gasteiger partial charge on any atom is -0.756 e. The maximum atomic E-state index is 13.3. The fourth-order valence-electron chi connectivity index (χ4n) is 6.66. The highest BCUT2D eigenvalue weighted by Gasteiger charge is 2.27. The number of unbranched alkanes of at least 4 members (excludes halogenated alkanes) is 23. The third kappa shape index (κ3) is 41.4. The molecule has 0 aromatic heterocycles. The number of nitrogens with zero attached hydrogens (tertiary/aromatic N) is 1. The first-order chi connectivity index (χ1) is 28.4. The Morgan fingerprint density at radius 2 is 1.00 bits per heavy atom. The number of carbonyl (C=O) groups is 2. The minimum absolute atomic E-state index is 0.0246. The third-order valence-electron chi connectivity index (χ3n) is 10.5. The Bertz CT molecular complexity index is 1120. The highest BCUT2D eigenvalue weighted by molar-refractivity contribution is 7.45. The second-order valence-corrected chi connectivity index (χ2v) is 19.0. The van der Waals surface area contributed by atoms with E-state index >= 15 is 0 Å². The van der Waals surface area contributed by atoms with Gasteiger partial charge in [-0.25, -0.2) is 0 Å². The maximum absolute atomic E-state index is 13.3. The molecule has 3 atom stereocenters. The van der Waals surface area contributed by atoms with Gasteiger partial charge in [0.15, 0.2) is 0 Å². The van der Waals surface area contributed by atoms with E-state index in [0.717, 1.165) is 109 Å². The van der Waals surface area contributed by atoms with Crippen molar-refractivity contribution in [3.05, 3.63) is 36.5 Å². The van der Waals surface area contributed by atoms with E-state index in [9.17, 15) is 19.0 Å². The molecule has 0 saturated carbocycles. The molecule has 0 aromatic carbocycles. The smallest absolute Gasteiger partial charge is 0.306 e. The van der Waals surface area contributed by atoms with Crippen LogP contribution < -0.4 is 10.2 Å². The van der Waals surface area contributed by atoms with E-state index in [0.29, 0.717) is 17.4 Å². The minimum atomic E-state index is -4.68. The summed E-state index contributed by atoms with van der Waals surface area (Å²) in [6, 6.07) is -0.889. The molecule has 346 valence electrons. The normalized spacial score (nSPS) is 14.4. The van der Waals surface area contributed by atoms with E-state index in [2.05, 4.69) is 50.4 Å². The van der Waals surface area contributed by atoms with Crippen molar-refractivity contribution in [3.63, 3.8) is 0 Å². The van der Waals surface area contributed by atoms with Gasteiger partial charge in [-0.2, -0.15) is 0 Å². The predicted octanol–water partition coefficient (Wildman–Crippen LogP) is 13.0. The fraction of sp³-hybridized carbons (Fsp3) is 0.837. The van der Waals surface area contributed by atoms with Gasteiger partial charge in [-0.15, -0.1) is 0 Å². The lowest BCUT2D eigenvalue weighted by Crippen LogP contribution is -2.47. The average molecular weight is 853 g/mol. The standard InChI is InChI=1S/C49H93N2O7P/c1-7-10-13-16-19-22-25-28-31-34-37-40-47(58-49(53)42-39-36-33-30-27-24-21-18-15-12-9-3)46(45-57-59(54,55)56-44-43-51(4,5)6)50-48(52)41-38-35-32-29-26-23-20-17-14-11-8-2/h17-18,20-21,37,40,46-47H,7-16,19,22-36,38-39,41-45H2,1-6H3,(H-,50,52,54,55)/b20-17-,21-18-,40-37+. The van der Waals surface area contributed by atoms with Crippen LogP contribution in [0.2, 0.25) is 0 Å². The van der Waals surface area contributed by atoms with Gasteiger partial charge in [0, 0.05) is 12.8 Å². The van der Waals surface area contributed by atoms with Crippen LogP contribution in [0, 0.1) is 0 Å². The van der Waals surface area contributed by atoms with Crippen LogP contribution >= 0.6 is 7.82 Å². The van der Waals surface area contributed by atoms with Crippen molar-refractivity contribution >= 4 is 19.7 Å². The van der Waals surface area contributed by atoms with Crippen molar-refractivity contribution in [1.29, 1.82) is 0 Å². The molecule has 0 radical (unpaired) electrons. The van der Waals surface area contributed by atoms with E-state index in [-0.39, 0.29) is 24.9 Å². The Balaban J connectivity index is 5.50. The molecule has 1 amide bonds. The zero-order valence-corrected chi connectivity index (χ0v) is 40.1. The lowest BCUT2D eigenvalue weighted by atomic mass is 10.1. The first kappa shape index (κ1) is 57.2. The number of hydrogen-bond acceptors (Lipinski definition) is 7. The maximum Gasteiger partial charge on any atom is 0.306 e. The van der Waals surface area contributed by atoms with Crippen molar-refractivity contribution in [2.45, 2.75) is 226 Å². The van der Waals surface area contributed by atoms with E-state index in [1.807, 2.05) is 33.3 Å². The van der Waals surface area contributed by atoms with Gasteiger partial charge in [0.05, 0.1) is 33.8 Å². The summed E-state index contributed by atoms with van der Waals surface area (Å²) in [5, 5.41) is 2.99. The van der Waals surface area contributed by atoms with Crippen LogP contribution in [0.1, 0.15) is 213 Å². The van der Waals surface area contributed by atoms with Crippen LogP contribution in [0.3, 0.4) is 0 Å². The third-order valence-corrected chi connectivity index (χ3v) is 11.5. The number of phosphoric acid groups is 1. The van der Waals surface area contributed by atoms with Gasteiger partial charge in [-0.05, 0) is 70.3 Å². The molecule has 0 bridgehead atoms. The number of esters is 1. The number of phosphoric ester groups is 1. The fourth-order valence-corrected chi connectivity index (χ4v) is 7.38. The number of likely N-dealkylation sites (N-methyl/N-ethyl adjacent to an activating group) is 1. The number of quaternary nitrogens is 1. The summed E-state index contributed by atoms with van der Waals surface area (Å²) in [7, 11) is 1.17. The van der Waals surface area contributed by atoms with Gasteiger partial charge in [0.25, 0.3) is 7.82 Å². The highest BCUT2D eigenvalue weighted by atomic mass is 31.2. The number of hydrogen-bond donors (Lipinski definition) is 1. The molecule has 0 aliphatic carbocycles. The summed E-state index contributed by atoms with van der Waals surface area (Å²) in [6.07, 6.45) is 44.0. The van der Waals surface area contributed by atoms with E-state index in [1.54, 1.807) is 0 Å². The van der Waals surface area contributed by atoms with Crippen molar-refractivity contribution < 1.29 is 37.3 Å². The zero-order valence-electron chi connectivity index (χ0n) is 39.2. The van der Waals surface area contributed by atoms with Gasteiger partial charge in [0.2, 0.25) is 5.91 Å². The quantitative estimate of drug-likeness (QED) is 0.0214. The SMILES string of the molecule is CCCC/C=C\CCCCCCCC(=O)NC(COP(=O)([O-])OCC[N+](C)(C)C)C(/C=C/CCCCCCCCCCC)OC(=O)CCCCCCC/C=C\CCCC. The van der Waals surface area contributed by atoms with Crippen LogP contribution in [0.25, 0.3) is 0 Å². The van der Waals surface area contributed by atoms with Crippen molar-refractivity contribution in [3.8, 4) is 0 Å². The van der Waals surface area contributed by atoms with E-state index in [4.69, 9.17) is 13.8 Å².